The summed E-state index contributed by atoms with van der Waals surface area (Å²) in [4.78, 5) is 11.7. The Labute approximate surface area is 105 Å². The number of aryl methyl sites for hydroxylation is 1. The molecule has 1 aromatic carbocycles. The molecule has 1 heterocycles. The Balaban J connectivity index is 1.86. The SMILES string of the molecule is Cc1ccc(Cl)cc1NC(=O)CNC1COC1. The van der Waals surface area contributed by atoms with Gasteiger partial charge in [-0.25, -0.2) is 0 Å². The molecule has 0 aromatic heterocycles. The minimum Gasteiger partial charge on any atom is -0.378 e. The molecule has 0 unspecified atom stereocenters. The van der Waals surface area contributed by atoms with Gasteiger partial charge < -0.3 is 15.4 Å². The summed E-state index contributed by atoms with van der Waals surface area (Å²) in [6, 6.07) is 5.74. The molecule has 2 rings (SSSR count). The first-order valence-corrected chi connectivity index (χ1v) is 5.90. The van der Waals surface area contributed by atoms with Crippen LogP contribution in [0.1, 0.15) is 5.56 Å². The lowest BCUT2D eigenvalue weighted by molar-refractivity contribution is -0.116. The maximum Gasteiger partial charge on any atom is 0.238 e. The van der Waals surface area contributed by atoms with E-state index >= 15 is 0 Å². The van der Waals surface area contributed by atoms with Gasteiger partial charge in [-0.3, -0.25) is 4.79 Å². The average molecular weight is 255 g/mol. The maximum atomic E-state index is 11.7. The number of benzene rings is 1. The van der Waals surface area contributed by atoms with Gasteiger partial charge in [-0.2, -0.15) is 0 Å². The predicted octanol–water partition coefficient (Wildman–Crippen LogP) is 1.58. The Bertz CT molecular complexity index is 419. The van der Waals surface area contributed by atoms with Crippen molar-refractivity contribution in [1.82, 2.24) is 5.32 Å². The molecule has 0 atom stereocenters. The third kappa shape index (κ3) is 3.43. The Hall–Kier alpha value is -1.10. The van der Waals surface area contributed by atoms with E-state index in [2.05, 4.69) is 10.6 Å². The monoisotopic (exact) mass is 254 g/mol. The average Bonchev–Trinajstić information content (AvgIpc) is 2.21. The number of halogens is 1. The van der Waals surface area contributed by atoms with Gasteiger partial charge in [0.25, 0.3) is 0 Å². The molecule has 0 spiro atoms. The van der Waals surface area contributed by atoms with Crippen LogP contribution >= 0.6 is 11.6 Å². The number of nitrogens with one attached hydrogen (secondary N) is 2. The predicted molar refractivity (Wildman–Crippen MR) is 67.4 cm³/mol. The minimum absolute atomic E-state index is 0.0673. The Morgan fingerprint density at radius 2 is 2.29 bits per heavy atom. The molecule has 1 saturated heterocycles. The summed E-state index contributed by atoms with van der Waals surface area (Å²) in [5, 5.41) is 6.55. The lowest BCUT2D eigenvalue weighted by atomic mass is 10.2. The van der Waals surface area contributed by atoms with Gasteiger partial charge in [-0.05, 0) is 24.6 Å². The summed E-state index contributed by atoms with van der Waals surface area (Å²) in [6.07, 6.45) is 0. The molecule has 92 valence electrons. The van der Waals surface area contributed by atoms with Gasteiger partial charge in [0.2, 0.25) is 5.91 Å². The molecule has 5 heteroatoms. The van der Waals surface area contributed by atoms with Crippen LogP contribution in [0.3, 0.4) is 0 Å². The van der Waals surface area contributed by atoms with Crippen molar-refractivity contribution >= 4 is 23.2 Å². The van der Waals surface area contributed by atoms with Crippen LogP contribution in [-0.4, -0.2) is 31.7 Å². The number of ether oxygens (including phenoxy) is 1. The zero-order valence-electron chi connectivity index (χ0n) is 9.63. The van der Waals surface area contributed by atoms with Gasteiger partial charge in [0.15, 0.2) is 0 Å². The van der Waals surface area contributed by atoms with Gasteiger partial charge in [-0.1, -0.05) is 17.7 Å². The molecule has 0 bridgehead atoms. The Morgan fingerprint density at radius 1 is 1.53 bits per heavy atom. The van der Waals surface area contributed by atoms with E-state index in [-0.39, 0.29) is 5.91 Å². The lowest BCUT2D eigenvalue weighted by Crippen LogP contribution is -2.48. The first kappa shape index (κ1) is 12.4. The van der Waals surface area contributed by atoms with Gasteiger partial charge >= 0.3 is 0 Å². The highest BCUT2D eigenvalue weighted by Crippen LogP contribution is 2.19. The van der Waals surface area contributed by atoms with Crippen molar-refractivity contribution in [3.63, 3.8) is 0 Å². The van der Waals surface area contributed by atoms with Crippen LogP contribution in [0.2, 0.25) is 5.02 Å². The molecule has 2 N–H and O–H groups in total. The zero-order chi connectivity index (χ0) is 12.3. The number of hydrogen-bond acceptors (Lipinski definition) is 3. The van der Waals surface area contributed by atoms with E-state index in [1.807, 2.05) is 13.0 Å². The van der Waals surface area contributed by atoms with Crippen molar-refractivity contribution in [3.05, 3.63) is 28.8 Å². The van der Waals surface area contributed by atoms with E-state index in [1.165, 1.54) is 0 Å². The number of rotatable bonds is 4. The van der Waals surface area contributed by atoms with Gasteiger partial charge in [0.05, 0.1) is 25.8 Å². The van der Waals surface area contributed by atoms with E-state index in [9.17, 15) is 4.79 Å². The second kappa shape index (κ2) is 5.49. The smallest absolute Gasteiger partial charge is 0.238 e. The van der Waals surface area contributed by atoms with Crippen LogP contribution in [0.4, 0.5) is 5.69 Å². The molecule has 17 heavy (non-hydrogen) atoms. The number of anilines is 1. The van der Waals surface area contributed by atoms with Crippen molar-refractivity contribution in [2.75, 3.05) is 25.1 Å². The fourth-order valence-corrected chi connectivity index (χ4v) is 1.69. The first-order valence-electron chi connectivity index (χ1n) is 5.52. The van der Waals surface area contributed by atoms with E-state index in [0.717, 1.165) is 11.3 Å². The van der Waals surface area contributed by atoms with Crippen LogP contribution in [0.5, 0.6) is 0 Å². The van der Waals surface area contributed by atoms with E-state index in [1.54, 1.807) is 12.1 Å². The highest BCUT2D eigenvalue weighted by Gasteiger charge is 2.18. The number of amides is 1. The molecular weight excluding hydrogens is 240 g/mol. The van der Waals surface area contributed by atoms with Crippen molar-refractivity contribution in [3.8, 4) is 0 Å². The Morgan fingerprint density at radius 3 is 2.94 bits per heavy atom. The van der Waals surface area contributed by atoms with Crippen LogP contribution in [0.15, 0.2) is 18.2 Å². The fourth-order valence-electron chi connectivity index (χ4n) is 1.51. The molecule has 1 aliphatic heterocycles. The maximum absolute atomic E-state index is 11.7. The van der Waals surface area contributed by atoms with Crippen molar-refractivity contribution in [1.29, 1.82) is 0 Å². The quantitative estimate of drug-likeness (QED) is 0.858. The molecule has 1 fully saturated rings. The minimum atomic E-state index is -0.0673. The highest BCUT2D eigenvalue weighted by molar-refractivity contribution is 6.31. The van der Waals surface area contributed by atoms with E-state index < -0.39 is 0 Å². The van der Waals surface area contributed by atoms with Crippen LogP contribution in [0.25, 0.3) is 0 Å². The normalized spacial score (nSPS) is 15.4. The van der Waals surface area contributed by atoms with Gasteiger partial charge in [0, 0.05) is 10.7 Å². The van der Waals surface area contributed by atoms with Crippen molar-refractivity contribution in [2.24, 2.45) is 0 Å². The van der Waals surface area contributed by atoms with Crippen molar-refractivity contribution < 1.29 is 9.53 Å². The second-order valence-electron chi connectivity index (χ2n) is 4.12. The highest BCUT2D eigenvalue weighted by atomic mass is 35.5. The molecule has 4 nitrogen and oxygen atoms in total. The fraction of sp³-hybridized carbons (Fsp3) is 0.417. The standard InChI is InChI=1S/C12H15ClN2O2/c1-8-2-3-9(13)4-11(8)15-12(16)5-14-10-6-17-7-10/h2-4,10,14H,5-7H2,1H3,(H,15,16). The summed E-state index contributed by atoms with van der Waals surface area (Å²) in [6.45, 7) is 3.59. The third-order valence-corrected chi connectivity index (χ3v) is 2.90. The molecular formula is C12H15ClN2O2. The van der Waals surface area contributed by atoms with E-state index in [0.29, 0.717) is 30.8 Å². The Kier molecular flexibility index (Phi) is 3.99. The lowest BCUT2D eigenvalue weighted by Gasteiger charge is -2.26. The number of carbonyl (C=O) groups excluding carboxylic acids is 1. The van der Waals surface area contributed by atoms with Crippen LogP contribution in [0, 0.1) is 6.92 Å². The second-order valence-corrected chi connectivity index (χ2v) is 4.56. The van der Waals surface area contributed by atoms with Crippen LogP contribution in [-0.2, 0) is 9.53 Å². The number of carbonyl (C=O) groups is 1. The largest absolute Gasteiger partial charge is 0.378 e. The van der Waals surface area contributed by atoms with Gasteiger partial charge in [-0.15, -0.1) is 0 Å². The molecule has 0 aliphatic carbocycles. The number of hydrogen-bond donors (Lipinski definition) is 2. The summed E-state index contributed by atoms with van der Waals surface area (Å²) in [7, 11) is 0. The zero-order valence-corrected chi connectivity index (χ0v) is 10.4. The summed E-state index contributed by atoms with van der Waals surface area (Å²) >= 11 is 5.88. The summed E-state index contributed by atoms with van der Waals surface area (Å²) < 4.78 is 5.01. The summed E-state index contributed by atoms with van der Waals surface area (Å²) in [5.41, 5.74) is 1.75. The molecule has 0 saturated carbocycles. The molecule has 1 aliphatic rings. The molecule has 1 amide bonds. The van der Waals surface area contributed by atoms with E-state index in [4.69, 9.17) is 16.3 Å². The molecule has 1 aromatic rings. The summed E-state index contributed by atoms with van der Waals surface area (Å²) in [5.74, 6) is -0.0673. The van der Waals surface area contributed by atoms with Crippen LogP contribution < -0.4 is 10.6 Å². The topological polar surface area (TPSA) is 50.4 Å². The van der Waals surface area contributed by atoms with Gasteiger partial charge in [0.1, 0.15) is 0 Å². The first-order chi connectivity index (χ1) is 8.15. The third-order valence-electron chi connectivity index (χ3n) is 2.66. The van der Waals surface area contributed by atoms with Crippen molar-refractivity contribution in [2.45, 2.75) is 13.0 Å². The molecule has 0 radical (unpaired) electrons.